The van der Waals surface area contributed by atoms with Gasteiger partial charge in [-0.3, -0.25) is 9.36 Å². The van der Waals surface area contributed by atoms with Gasteiger partial charge in [-0.2, -0.15) is 0 Å². The first-order valence-electron chi connectivity index (χ1n) is 12.7. The van der Waals surface area contributed by atoms with Crippen LogP contribution in [-0.4, -0.2) is 24.3 Å². The second-order valence-corrected chi connectivity index (χ2v) is 10.1. The van der Waals surface area contributed by atoms with Crippen LogP contribution in [0.2, 0.25) is 0 Å². The van der Waals surface area contributed by atoms with E-state index in [1.807, 2.05) is 36.4 Å². The van der Waals surface area contributed by atoms with Crippen LogP contribution in [0, 0.1) is 5.82 Å². The number of esters is 1. The van der Waals surface area contributed by atoms with Gasteiger partial charge in [-0.05, 0) is 73.0 Å². The number of methoxy groups -OCH3 is 1. The third-order valence-corrected chi connectivity index (χ3v) is 7.41. The molecular formula is C31H27FN2O5S. The van der Waals surface area contributed by atoms with Crippen molar-refractivity contribution in [3.63, 3.8) is 0 Å². The molecule has 0 aliphatic carbocycles. The highest BCUT2D eigenvalue weighted by atomic mass is 32.1. The lowest BCUT2D eigenvalue weighted by Crippen LogP contribution is -2.39. The van der Waals surface area contributed by atoms with Crippen LogP contribution in [0.5, 0.6) is 11.5 Å². The molecule has 4 aromatic rings. The van der Waals surface area contributed by atoms with Gasteiger partial charge in [0, 0.05) is 0 Å². The molecule has 0 saturated carbocycles. The van der Waals surface area contributed by atoms with Crippen LogP contribution in [0.25, 0.3) is 6.08 Å². The first-order valence-corrected chi connectivity index (χ1v) is 13.5. The fourth-order valence-corrected chi connectivity index (χ4v) is 5.53. The Morgan fingerprint density at radius 2 is 1.82 bits per heavy atom. The number of carbonyl (C=O) groups excluding carboxylic acids is 1. The molecule has 0 saturated heterocycles. The van der Waals surface area contributed by atoms with Crippen molar-refractivity contribution in [2.24, 2.45) is 4.99 Å². The lowest BCUT2D eigenvalue weighted by molar-refractivity contribution is -0.139. The Kier molecular flexibility index (Phi) is 7.93. The predicted molar refractivity (Wildman–Crippen MR) is 151 cm³/mol. The number of fused-ring (bicyclic) bond motifs is 1. The van der Waals surface area contributed by atoms with Gasteiger partial charge >= 0.3 is 5.97 Å². The van der Waals surface area contributed by atoms with E-state index in [0.29, 0.717) is 32.1 Å². The molecule has 3 aromatic carbocycles. The second-order valence-electron chi connectivity index (χ2n) is 9.06. The standard InChI is InChI=1S/C31H27FN2O5S/c1-4-38-30(36)27-19(2)33-31-34(28(27)22-10-14-24(37-3)15-11-22)29(35)26(40-31)17-21-6-5-7-25(16-21)39-18-20-8-12-23(32)13-9-20/h5-17,28H,4,18H2,1-3H3/b26-17-. The van der Waals surface area contributed by atoms with Gasteiger partial charge in [0.15, 0.2) is 4.80 Å². The molecule has 0 amide bonds. The normalized spacial score (nSPS) is 14.9. The van der Waals surface area contributed by atoms with Crippen LogP contribution < -0.4 is 24.4 Å². The summed E-state index contributed by atoms with van der Waals surface area (Å²) in [5.41, 5.74) is 2.90. The molecule has 0 spiro atoms. The van der Waals surface area contributed by atoms with Crippen molar-refractivity contribution in [3.05, 3.63) is 126 Å². The van der Waals surface area contributed by atoms with E-state index in [9.17, 15) is 14.0 Å². The van der Waals surface area contributed by atoms with Gasteiger partial charge in [0.2, 0.25) is 0 Å². The Balaban J connectivity index is 1.53. The molecule has 5 rings (SSSR count). The molecule has 0 radical (unpaired) electrons. The van der Waals surface area contributed by atoms with Crippen molar-refractivity contribution < 1.29 is 23.4 Å². The van der Waals surface area contributed by atoms with Crippen molar-refractivity contribution in [2.75, 3.05) is 13.7 Å². The number of aromatic nitrogens is 1. The van der Waals surface area contributed by atoms with E-state index in [4.69, 9.17) is 14.2 Å². The van der Waals surface area contributed by atoms with Gasteiger partial charge < -0.3 is 14.2 Å². The number of halogens is 1. The van der Waals surface area contributed by atoms with Crippen LogP contribution in [0.15, 0.2) is 93.9 Å². The molecule has 7 nitrogen and oxygen atoms in total. The average Bonchev–Trinajstić information content (AvgIpc) is 3.26. The largest absolute Gasteiger partial charge is 0.497 e. The Morgan fingerprint density at radius 1 is 1.07 bits per heavy atom. The zero-order chi connectivity index (χ0) is 28.2. The number of hydrogen-bond donors (Lipinski definition) is 0. The van der Waals surface area contributed by atoms with Gasteiger partial charge in [0.1, 0.15) is 23.9 Å². The van der Waals surface area contributed by atoms with E-state index in [-0.39, 0.29) is 24.6 Å². The van der Waals surface area contributed by atoms with Gasteiger partial charge in [-0.25, -0.2) is 14.2 Å². The fraction of sp³-hybridized carbons (Fsp3) is 0.194. The maximum absolute atomic E-state index is 13.8. The lowest BCUT2D eigenvalue weighted by atomic mass is 9.96. The molecule has 204 valence electrons. The number of carbonyl (C=O) groups is 1. The van der Waals surface area contributed by atoms with Crippen LogP contribution in [-0.2, 0) is 16.1 Å². The van der Waals surface area contributed by atoms with Gasteiger partial charge in [-0.1, -0.05) is 47.7 Å². The number of thiazole rings is 1. The number of allylic oxidation sites excluding steroid dienone is 1. The van der Waals surface area contributed by atoms with E-state index in [1.54, 1.807) is 55.9 Å². The zero-order valence-corrected chi connectivity index (χ0v) is 23.0. The Morgan fingerprint density at radius 3 is 2.52 bits per heavy atom. The van der Waals surface area contributed by atoms with Crippen molar-refractivity contribution in [1.82, 2.24) is 4.57 Å². The predicted octanol–water partition coefficient (Wildman–Crippen LogP) is 4.53. The lowest BCUT2D eigenvalue weighted by Gasteiger charge is -2.24. The molecule has 1 unspecified atom stereocenters. The first-order chi connectivity index (χ1) is 19.4. The number of rotatable bonds is 8. The second kappa shape index (κ2) is 11.7. The van der Waals surface area contributed by atoms with Crippen molar-refractivity contribution in [3.8, 4) is 11.5 Å². The van der Waals surface area contributed by atoms with Crippen molar-refractivity contribution in [2.45, 2.75) is 26.5 Å². The SMILES string of the molecule is CCOC(=O)C1=C(C)N=c2s/c(=C\c3cccc(OCc4ccc(F)cc4)c3)c(=O)n2C1c1ccc(OC)cc1. The average molecular weight is 559 g/mol. The quantitative estimate of drug-likeness (QED) is 0.297. The highest BCUT2D eigenvalue weighted by Gasteiger charge is 2.33. The van der Waals surface area contributed by atoms with E-state index in [2.05, 4.69) is 4.99 Å². The van der Waals surface area contributed by atoms with E-state index >= 15 is 0 Å². The molecule has 40 heavy (non-hydrogen) atoms. The van der Waals surface area contributed by atoms with Crippen LogP contribution >= 0.6 is 11.3 Å². The molecule has 0 bridgehead atoms. The fourth-order valence-electron chi connectivity index (χ4n) is 4.49. The Labute approximate surface area is 234 Å². The summed E-state index contributed by atoms with van der Waals surface area (Å²) in [6, 6.07) is 20.0. The summed E-state index contributed by atoms with van der Waals surface area (Å²) in [6.45, 7) is 3.98. The highest BCUT2D eigenvalue weighted by Crippen LogP contribution is 2.31. The molecule has 1 atom stereocenters. The van der Waals surface area contributed by atoms with E-state index in [0.717, 1.165) is 16.7 Å². The number of hydrogen-bond acceptors (Lipinski definition) is 7. The van der Waals surface area contributed by atoms with Gasteiger partial charge in [0.25, 0.3) is 5.56 Å². The number of nitrogens with zero attached hydrogens (tertiary/aromatic N) is 2. The first kappa shape index (κ1) is 27.1. The van der Waals surface area contributed by atoms with Crippen molar-refractivity contribution in [1.29, 1.82) is 0 Å². The summed E-state index contributed by atoms with van der Waals surface area (Å²) in [7, 11) is 1.58. The topological polar surface area (TPSA) is 79.1 Å². The highest BCUT2D eigenvalue weighted by molar-refractivity contribution is 7.07. The van der Waals surface area contributed by atoms with Gasteiger partial charge in [-0.15, -0.1) is 0 Å². The smallest absolute Gasteiger partial charge is 0.338 e. The van der Waals surface area contributed by atoms with Gasteiger partial charge in [0.05, 0.1) is 35.6 Å². The molecular weight excluding hydrogens is 531 g/mol. The van der Waals surface area contributed by atoms with E-state index < -0.39 is 12.0 Å². The minimum atomic E-state index is -0.700. The molecule has 1 aromatic heterocycles. The third-order valence-electron chi connectivity index (χ3n) is 6.42. The third kappa shape index (κ3) is 5.60. The number of benzene rings is 3. The molecule has 2 heterocycles. The maximum Gasteiger partial charge on any atom is 0.338 e. The summed E-state index contributed by atoms with van der Waals surface area (Å²) < 4.78 is 31.7. The summed E-state index contributed by atoms with van der Waals surface area (Å²) in [4.78, 5) is 31.9. The molecule has 1 aliphatic heterocycles. The molecule has 9 heteroatoms. The minimum Gasteiger partial charge on any atom is -0.497 e. The summed E-state index contributed by atoms with van der Waals surface area (Å²) in [5.74, 6) is 0.467. The van der Waals surface area contributed by atoms with Crippen LogP contribution in [0.4, 0.5) is 4.39 Å². The summed E-state index contributed by atoms with van der Waals surface area (Å²) in [5, 5.41) is 0. The monoisotopic (exact) mass is 558 g/mol. The molecule has 0 N–H and O–H groups in total. The zero-order valence-electron chi connectivity index (χ0n) is 22.2. The minimum absolute atomic E-state index is 0.203. The molecule has 1 aliphatic rings. The van der Waals surface area contributed by atoms with E-state index in [1.165, 1.54) is 23.5 Å². The van der Waals surface area contributed by atoms with Crippen molar-refractivity contribution >= 4 is 23.4 Å². The Hall–Kier alpha value is -4.50. The Bertz CT molecular complexity index is 1760. The van der Waals surface area contributed by atoms with Crippen LogP contribution in [0.1, 0.15) is 36.6 Å². The number of ether oxygens (including phenoxy) is 3. The summed E-state index contributed by atoms with van der Waals surface area (Å²) in [6.07, 6.45) is 1.78. The van der Waals surface area contributed by atoms with Crippen LogP contribution in [0.3, 0.4) is 0 Å². The maximum atomic E-state index is 13.8. The summed E-state index contributed by atoms with van der Waals surface area (Å²) >= 11 is 1.25. The molecule has 0 fully saturated rings.